The Balaban J connectivity index is 1.82. The number of hydrogen-bond acceptors (Lipinski definition) is 5. The van der Waals surface area contributed by atoms with Gasteiger partial charge in [-0.2, -0.15) is 0 Å². The fraction of sp³-hybridized carbons (Fsp3) is 0.238. The van der Waals surface area contributed by atoms with Crippen molar-refractivity contribution in [2.45, 2.75) is 26.7 Å². The van der Waals surface area contributed by atoms with Crippen molar-refractivity contribution >= 4 is 37.0 Å². The van der Waals surface area contributed by atoms with Crippen LogP contribution in [-0.2, 0) is 6.42 Å². The molecule has 2 aromatic carbocycles. The summed E-state index contributed by atoms with van der Waals surface area (Å²) < 4.78 is 5.92. The van der Waals surface area contributed by atoms with Gasteiger partial charge in [0.05, 0.1) is 0 Å². The SMILES string of the molecule is CC(C)Cc1cc(Oc2ccc(P(O)O)cc2)cc(C(=O)NC2=NC=C(Cl)C2)c1. The third-order valence-electron chi connectivity index (χ3n) is 4.13. The summed E-state index contributed by atoms with van der Waals surface area (Å²) in [6, 6.07) is 11.9. The summed E-state index contributed by atoms with van der Waals surface area (Å²) in [5.41, 5.74) is 1.45. The highest BCUT2D eigenvalue weighted by atomic mass is 35.5. The first-order valence-electron chi connectivity index (χ1n) is 9.12. The van der Waals surface area contributed by atoms with Crippen LogP contribution in [0.2, 0.25) is 0 Å². The predicted octanol–water partition coefficient (Wildman–Crippen LogP) is 4.21. The molecule has 0 aliphatic carbocycles. The van der Waals surface area contributed by atoms with Gasteiger partial charge in [-0.3, -0.25) is 4.79 Å². The summed E-state index contributed by atoms with van der Waals surface area (Å²) >= 11 is 5.91. The first-order valence-corrected chi connectivity index (χ1v) is 10.7. The number of nitrogens with one attached hydrogen (secondary N) is 1. The number of benzene rings is 2. The Labute approximate surface area is 175 Å². The number of amides is 1. The molecule has 1 aliphatic rings. The molecule has 0 atom stereocenters. The third-order valence-corrected chi connectivity index (χ3v) is 5.12. The van der Waals surface area contributed by atoms with E-state index in [4.69, 9.17) is 16.3 Å². The molecular formula is C21H22ClN2O4P. The quantitative estimate of drug-likeness (QED) is 0.596. The third kappa shape index (κ3) is 6.12. The summed E-state index contributed by atoms with van der Waals surface area (Å²) in [5, 5.41) is 3.80. The van der Waals surface area contributed by atoms with Gasteiger partial charge in [-0.25, -0.2) is 4.99 Å². The number of rotatable bonds is 6. The maximum Gasteiger partial charge on any atom is 0.256 e. The van der Waals surface area contributed by atoms with Crippen molar-refractivity contribution in [1.82, 2.24) is 5.32 Å². The normalized spacial score (nSPS) is 13.5. The van der Waals surface area contributed by atoms with Crippen LogP contribution in [0.25, 0.3) is 0 Å². The van der Waals surface area contributed by atoms with Gasteiger partial charge in [0, 0.05) is 28.5 Å². The number of halogens is 1. The van der Waals surface area contributed by atoms with Crippen LogP contribution >= 0.6 is 20.0 Å². The largest absolute Gasteiger partial charge is 0.457 e. The molecular weight excluding hydrogens is 411 g/mol. The maximum absolute atomic E-state index is 12.7. The topological polar surface area (TPSA) is 91.1 Å². The molecule has 0 bridgehead atoms. The molecule has 0 saturated heterocycles. The second-order valence-corrected chi connectivity index (χ2v) is 8.71. The minimum Gasteiger partial charge on any atom is -0.457 e. The highest BCUT2D eigenvalue weighted by Gasteiger charge is 2.16. The highest BCUT2D eigenvalue weighted by Crippen LogP contribution is 2.28. The zero-order valence-electron chi connectivity index (χ0n) is 16.1. The van der Waals surface area contributed by atoms with E-state index in [-0.39, 0.29) is 5.91 Å². The molecule has 0 fully saturated rings. The zero-order valence-corrected chi connectivity index (χ0v) is 17.7. The summed E-state index contributed by atoms with van der Waals surface area (Å²) in [4.78, 5) is 35.3. The lowest BCUT2D eigenvalue weighted by Crippen LogP contribution is -2.29. The summed E-state index contributed by atoms with van der Waals surface area (Å²) in [6.07, 6.45) is 2.73. The molecule has 8 heteroatoms. The lowest BCUT2D eigenvalue weighted by molar-refractivity contribution is 0.0976. The number of ether oxygens (including phenoxy) is 1. The standard InChI is InChI=1S/C21H22ClN2O4P/c1-13(2)7-14-8-15(21(25)24-20-11-16(22)12-23-20)10-18(9-14)28-17-3-5-19(6-4-17)29(26)27/h3-6,8-10,12-13,26-27H,7,11H2,1-2H3,(H,23,24,25). The van der Waals surface area contributed by atoms with E-state index < -0.39 is 8.38 Å². The monoisotopic (exact) mass is 432 g/mol. The average molecular weight is 433 g/mol. The Bertz CT molecular complexity index is 956. The minimum atomic E-state index is -2.14. The van der Waals surface area contributed by atoms with Crippen LogP contribution in [0.1, 0.15) is 36.2 Å². The fourth-order valence-electron chi connectivity index (χ4n) is 2.90. The van der Waals surface area contributed by atoms with Crippen LogP contribution in [0, 0.1) is 5.92 Å². The van der Waals surface area contributed by atoms with Gasteiger partial charge in [0.1, 0.15) is 17.3 Å². The number of hydrogen-bond donors (Lipinski definition) is 3. The van der Waals surface area contributed by atoms with Crippen LogP contribution in [0.4, 0.5) is 0 Å². The number of amidine groups is 1. The number of aliphatic imine (C=N–C) groups is 1. The molecule has 152 valence electrons. The predicted molar refractivity (Wildman–Crippen MR) is 116 cm³/mol. The Hall–Kier alpha value is -2.24. The van der Waals surface area contributed by atoms with Crippen molar-refractivity contribution < 1.29 is 19.3 Å². The smallest absolute Gasteiger partial charge is 0.256 e. The van der Waals surface area contributed by atoms with E-state index in [2.05, 4.69) is 24.2 Å². The van der Waals surface area contributed by atoms with Crippen LogP contribution < -0.4 is 15.4 Å². The molecule has 1 aliphatic heterocycles. The molecule has 0 unspecified atom stereocenters. The van der Waals surface area contributed by atoms with E-state index in [0.29, 0.717) is 45.6 Å². The molecule has 6 nitrogen and oxygen atoms in total. The van der Waals surface area contributed by atoms with Gasteiger partial charge in [-0.1, -0.05) is 25.4 Å². The van der Waals surface area contributed by atoms with Crippen molar-refractivity contribution in [2.75, 3.05) is 0 Å². The van der Waals surface area contributed by atoms with Crippen LogP contribution in [0.15, 0.2) is 58.7 Å². The lowest BCUT2D eigenvalue weighted by atomic mass is 10.00. The molecule has 29 heavy (non-hydrogen) atoms. The van der Waals surface area contributed by atoms with Crippen LogP contribution in [0.3, 0.4) is 0 Å². The Morgan fingerprint density at radius 3 is 2.52 bits per heavy atom. The number of carbonyl (C=O) groups excluding carboxylic acids is 1. The van der Waals surface area contributed by atoms with E-state index in [9.17, 15) is 14.6 Å². The van der Waals surface area contributed by atoms with Gasteiger partial charge in [0.25, 0.3) is 5.91 Å². The van der Waals surface area contributed by atoms with Crippen molar-refractivity contribution in [3.8, 4) is 11.5 Å². The Morgan fingerprint density at radius 2 is 1.93 bits per heavy atom. The van der Waals surface area contributed by atoms with Gasteiger partial charge in [-0.15, -0.1) is 0 Å². The van der Waals surface area contributed by atoms with Crippen molar-refractivity contribution in [2.24, 2.45) is 10.9 Å². The fourth-order valence-corrected chi connectivity index (χ4v) is 3.49. The van der Waals surface area contributed by atoms with Crippen molar-refractivity contribution in [3.63, 3.8) is 0 Å². The molecule has 3 N–H and O–H groups in total. The molecule has 3 rings (SSSR count). The Morgan fingerprint density at radius 1 is 1.21 bits per heavy atom. The lowest BCUT2D eigenvalue weighted by Gasteiger charge is -2.13. The summed E-state index contributed by atoms with van der Waals surface area (Å²) in [6.45, 7) is 4.21. The molecule has 0 radical (unpaired) electrons. The maximum atomic E-state index is 12.7. The molecule has 2 aromatic rings. The number of nitrogens with zero attached hydrogens (tertiary/aromatic N) is 1. The average Bonchev–Trinajstić information content (AvgIpc) is 3.06. The van der Waals surface area contributed by atoms with E-state index in [1.165, 1.54) is 6.20 Å². The van der Waals surface area contributed by atoms with Gasteiger partial charge < -0.3 is 19.8 Å². The first-order chi connectivity index (χ1) is 13.8. The molecule has 1 heterocycles. The van der Waals surface area contributed by atoms with E-state index >= 15 is 0 Å². The molecule has 0 aromatic heterocycles. The first kappa shape index (κ1) is 21.5. The van der Waals surface area contributed by atoms with Gasteiger partial charge in [-0.05, 0) is 60.4 Å². The Kier molecular flexibility index (Phi) is 7.04. The highest BCUT2D eigenvalue weighted by molar-refractivity contribution is 7.54. The molecule has 0 saturated carbocycles. The summed E-state index contributed by atoms with van der Waals surface area (Å²) in [5.74, 6) is 1.71. The van der Waals surface area contributed by atoms with Gasteiger partial charge in [0.2, 0.25) is 0 Å². The van der Waals surface area contributed by atoms with Gasteiger partial charge in [0.15, 0.2) is 8.38 Å². The molecule has 1 amide bonds. The zero-order chi connectivity index (χ0) is 21.0. The second kappa shape index (κ2) is 9.51. The second-order valence-electron chi connectivity index (χ2n) is 7.13. The van der Waals surface area contributed by atoms with Gasteiger partial charge >= 0.3 is 0 Å². The van der Waals surface area contributed by atoms with E-state index in [1.54, 1.807) is 30.3 Å². The minimum absolute atomic E-state index is 0.277. The van der Waals surface area contributed by atoms with E-state index in [1.807, 2.05) is 12.1 Å². The summed E-state index contributed by atoms with van der Waals surface area (Å²) in [7, 11) is -2.14. The van der Waals surface area contributed by atoms with Crippen molar-refractivity contribution in [1.29, 1.82) is 0 Å². The number of carbonyl (C=O) groups is 1. The van der Waals surface area contributed by atoms with Crippen LogP contribution in [-0.4, -0.2) is 21.5 Å². The molecule has 0 spiro atoms. The van der Waals surface area contributed by atoms with E-state index in [0.717, 1.165) is 12.0 Å². The van der Waals surface area contributed by atoms with Crippen molar-refractivity contribution in [3.05, 3.63) is 64.8 Å². The van der Waals surface area contributed by atoms with Crippen LogP contribution in [0.5, 0.6) is 11.5 Å².